The van der Waals surface area contributed by atoms with Crippen LogP contribution in [0, 0.1) is 5.92 Å². The molecule has 2 fully saturated rings. The van der Waals surface area contributed by atoms with Crippen molar-refractivity contribution in [2.24, 2.45) is 5.92 Å². The van der Waals surface area contributed by atoms with Crippen LogP contribution in [0.3, 0.4) is 0 Å². The van der Waals surface area contributed by atoms with E-state index in [0.717, 1.165) is 38.6 Å². The summed E-state index contributed by atoms with van der Waals surface area (Å²) in [5.41, 5.74) is 0. The molecule has 3 atom stereocenters. The Kier molecular flexibility index (Phi) is 4.42. The minimum Gasteiger partial charge on any atom is -0.378 e. The maximum absolute atomic E-state index is 5.67. The number of hydrogen-bond donors (Lipinski definition) is 1. The summed E-state index contributed by atoms with van der Waals surface area (Å²) in [6, 6.07) is 0. The van der Waals surface area contributed by atoms with Gasteiger partial charge in [-0.05, 0) is 31.6 Å². The molecule has 2 heterocycles. The molecule has 0 saturated carbocycles. The van der Waals surface area contributed by atoms with Crippen LogP contribution in [0.15, 0.2) is 0 Å². The van der Waals surface area contributed by atoms with Gasteiger partial charge in [0.15, 0.2) is 0 Å². The molecule has 0 aromatic rings. The van der Waals surface area contributed by atoms with E-state index in [1.165, 1.54) is 19.3 Å². The van der Waals surface area contributed by atoms with Crippen LogP contribution in [0.1, 0.15) is 32.6 Å². The molecule has 2 aliphatic heterocycles. The fourth-order valence-electron chi connectivity index (χ4n) is 2.61. The standard InChI is InChI=1S/C12H23NO2/c1-2-12-10(5-7-15-12)8-13-9-11-4-3-6-14-11/h10-13H,2-9H2,1H3. The van der Waals surface area contributed by atoms with Crippen LogP contribution in [0.4, 0.5) is 0 Å². The molecule has 0 radical (unpaired) electrons. The van der Waals surface area contributed by atoms with Crippen LogP contribution >= 0.6 is 0 Å². The highest BCUT2D eigenvalue weighted by molar-refractivity contribution is 4.78. The summed E-state index contributed by atoms with van der Waals surface area (Å²) in [5.74, 6) is 0.719. The second-order valence-electron chi connectivity index (χ2n) is 4.66. The molecule has 0 aromatic heterocycles. The zero-order chi connectivity index (χ0) is 10.5. The molecule has 0 amide bonds. The molecular weight excluding hydrogens is 190 g/mol. The molecule has 3 nitrogen and oxygen atoms in total. The van der Waals surface area contributed by atoms with Crippen LogP contribution in [0.2, 0.25) is 0 Å². The van der Waals surface area contributed by atoms with E-state index in [2.05, 4.69) is 12.2 Å². The summed E-state index contributed by atoms with van der Waals surface area (Å²) in [5, 5.41) is 3.53. The number of nitrogens with one attached hydrogen (secondary N) is 1. The van der Waals surface area contributed by atoms with Crippen LogP contribution in [-0.2, 0) is 9.47 Å². The normalized spacial score (nSPS) is 36.2. The van der Waals surface area contributed by atoms with Gasteiger partial charge in [-0.25, -0.2) is 0 Å². The zero-order valence-electron chi connectivity index (χ0n) is 9.71. The number of ether oxygens (including phenoxy) is 2. The third kappa shape index (κ3) is 3.16. The van der Waals surface area contributed by atoms with E-state index in [1.807, 2.05) is 0 Å². The Morgan fingerprint density at radius 2 is 2.07 bits per heavy atom. The van der Waals surface area contributed by atoms with Gasteiger partial charge in [0.2, 0.25) is 0 Å². The van der Waals surface area contributed by atoms with Crippen molar-refractivity contribution < 1.29 is 9.47 Å². The second kappa shape index (κ2) is 5.83. The van der Waals surface area contributed by atoms with Crippen molar-refractivity contribution in [2.75, 3.05) is 26.3 Å². The maximum Gasteiger partial charge on any atom is 0.0700 e. The molecule has 88 valence electrons. The topological polar surface area (TPSA) is 30.5 Å². The Morgan fingerprint density at radius 3 is 2.80 bits per heavy atom. The number of hydrogen-bond acceptors (Lipinski definition) is 3. The Balaban J connectivity index is 1.60. The van der Waals surface area contributed by atoms with E-state index < -0.39 is 0 Å². The summed E-state index contributed by atoms with van der Waals surface area (Å²) in [6.45, 7) is 6.23. The van der Waals surface area contributed by atoms with Crippen molar-refractivity contribution in [1.29, 1.82) is 0 Å². The quantitative estimate of drug-likeness (QED) is 0.752. The SMILES string of the molecule is CCC1OCCC1CNCC1CCCO1. The summed E-state index contributed by atoms with van der Waals surface area (Å²) in [4.78, 5) is 0. The molecule has 0 aliphatic carbocycles. The lowest BCUT2D eigenvalue weighted by atomic mass is 9.99. The Morgan fingerprint density at radius 1 is 1.13 bits per heavy atom. The van der Waals surface area contributed by atoms with E-state index in [-0.39, 0.29) is 0 Å². The molecule has 0 bridgehead atoms. The van der Waals surface area contributed by atoms with Gasteiger partial charge in [0, 0.05) is 26.3 Å². The lowest BCUT2D eigenvalue weighted by Crippen LogP contribution is -2.33. The first-order valence-electron chi connectivity index (χ1n) is 6.34. The Labute approximate surface area is 92.5 Å². The van der Waals surface area contributed by atoms with Crippen LogP contribution < -0.4 is 5.32 Å². The van der Waals surface area contributed by atoms with Crippen molar-refractivity contribution in [3.63, 3.8) is 0 Å². The molecule has 3 heteroatoms. The fourth-order valence-corrected chi connectivity index (χ4v) is 2.61. The molecule has 0 aromatic carbocycles. The van der Waals surface area contributed by atoms with Gasteiger partial charge in [0.1, 0.15) is 0 Å². The Hall–Kier alpha value is -0.120. The van der Waals surface area contributed by atoms with Gasteiger partial charge in [0.05, 0.1) is 12.2 Å². The molecule has 0 spiro atoms. The minimum absolute atomic E-state index is 0.465. The first kappa shape index (κ1) is 11.4. The van der Waals surface area contributed by atoms with Crippen LogP contribution in [0.25, 0.3) is 0 Å². The number of rotatable bonds is 5. The predicted octanol–water partition coefficient (Wildman–Crippen LogP) is 1.57. The van der Waals surface area contributed by atoms with Crippen molar-refractivity contribution in [3.05, 3.63) is 0 Å². The maximum atomic E-state index is 5.67. The smallest absolute Gasteiger partial charge is 0.0700 e. The van der Waals surface area contributed by atoms with E-state index in [4.69, 9.17) is 9.47 Å². The van der Waals surface area contributed by atoms with E-state index >= 15 is 0 Å². The van der Waals surface area contributed by atoms with Gasteiger partial charge in [-0.3, -0.25) is 0 Å². The predicted molar refractivity (Wildman–Crippen MR) is 60.0 cm³/mol. The molecule has 15 heavy (non-hydrogen) atoms. The molecule has 2 aliphatic rings. The van der Waals surface area contributed by atoms with Crippen molar-refractivity contribution in [2.45, 2.75) is 44.8 Å². The highest BCUT2D eigenvalue weighted by Gasteiger charge is 2.26. The molecular formula is C12H23NO2. The summed E-state index contributed by atoms with van der Waals surface area (Å²) in [7, 11) is 0. The fraction of sp³-hybridized carbons (Fsp3) is 1.00. The lowest BCUT2D eigenvalue weighted by Gasteiger charge is -2.18. The highest BCUT2D eigenvalue weighted by atomic mass is 16.5. The largest absolute Gasteiger partial charge is 0.378 e. The van der Waals surface area contributed by atoms with Gasteiger partial charge in [0.25, 0.3) is 0 Å². The van der Waals surface area contributed by atoms with Crippen LogP contribution in [-0.4, -0.2) is 38.5 Å². The van der Waals surface area contributed by atoms with Crippen molar-refractivity contribution >= 4 is 0 Å². The van der Waals surface area contributed by atoms with Crippen molar-refractivity contribution in [3.8, 4) is 0 Å². The average molecular weight is 213 g/mol. The third-order valence-electron chi connectivity index (χ3n) is 3.55. The van der Waals surface area contributed by atoms with Gasteiger partial charge in [-0.15, -0.1) is 0 Å². The molecule has 3 unspecified atom stereocenters. The summed E-state index contributed by atoms with van der Waals surface area (Å²) in [6.07, 6.45) is 5.78. The average Bonchev–Trinajstić information content (AvgIpc) is 2.88. The summed E-state index contributed by atoms with van der Waals surface area (Å²) < 4.78 is 11.2. The summed E-state index contributed by atoms with van der Waals surface area (Å²) >= 11 is 0. The lowest BCUT2D eigenvalue weighted by molar-refractivity contribution is 0.0831. The van der Waals surface area contributed by atoms with Gasteiger partial charge >= 0.3 is 0 Å². The van der Waals surface area contributed by atoms with Gasteiger partial charge < -0.3 is 14.8 Å². The molecule has 2 rings (SSSR count). The first-order chi connectivity index (χ1) is 7.40. The zero-order valence-corrected chi connectivity index (χ0v) is 9.71. The van der Waals surface area contributed by atoms with Crippen molar-refractivity contribution in [1.82, 2.24) is 5.32 Å². The minimum atomic E-state index is 0.465. The molecule has 2 saturated heterocycles. The third-order valence-corrected chi connectivity index (χ3v) is 3.55. The molecule has 1 N–H and O–H groups in total. The second-order valence-corrected chi connectivity index (χ2v) is 4.66. The van der Waals surface area contributed by atoms with E-state index in [0.29, 0.717) is 12.2 Å². The van der Waals surface area contributed by atoms with Gasteiger partial charge in [-0.1, -0.05) is 6.92 Å². The van der Waals surface area contributed by atoms with Crippen LogP contribution in [0.5, 0.6) is 0 Å². The monoisotopic (exact) mass is 213 g/mol. The van der Waals surface area contributed by atoms with E-state index in [9.17, 15) is 0 Å². The van der Waals surface area contributed by atoms with E-state index in [1.54, 1.807) is 0 Å². The first-order valence-corrected chi connectivity index (χ1v) is 6.34. The van der Waals surface area contributed by atoms with Gasteiger partial charge in [-0.2, -0.15) is 0 Å². The highest BCUT2D eigenvalue weighted by Crippen LogP contribution is 2.22. The Bertz CT molecular complexity index is 180.